The first-order valence-electron chi connectivity index (χ1n) is 7.37. The van der Waals surface area contributed by atoms with Gasteiger partial charge in [-0.25, -0.2) is 0 Å². The number of rotatable bonds is 1. The Morgan fingerprint density at radius 2 is 2.11 bits per heavy atom. The van der Waals surface area contributed by atoms with Crippen molar-refractivity contribution >= 4 is 11.4 Å². The predicted octanol–water partition coefficient (Wildman–Crippen LogP) is 3.07. The summed E-state index contributed by atoms with van der Waals surface area (Å²) in [5, 5.41) is 13.1. The molecule has 4 atom stereocenters. The van der Waals surface area contributed by atoms with Crippen LogP contribution in [0.5, 0.6) is 0 Å². The molecular formula is C16H20N2O. The van der Waals surface area contributed by atoms with Gasteiger partial charge in [-0.1, -0.05) is 23.4 Å². The number of anilines is 1. The summed E-state index contributed by atoms with van der Waals surface area (Å²) in [6.07, 6.45) is 4.84. The van der Waals surface area contributed by atoms with Crippen LogP contribution in [0.3, 0.4) is 0 Å². The van der Waals surface area contributed by atoms with Gasteiger partial charge in [0, 0.05) is 17.6 Å². The molecule has 1 aliphatic heterocycles. The van der Waals surface area contributed by atoms with Crippen LogP contribution in [0.25, 0.3) is 0 Å². The topological polar surface area (TPSA) is 35.8 Å². The van der Waals surface area contributed by atoms with E-state index >= 15 is 0 Å². The normalized spacial score (nSPS) is 38.2. The van der Waals surface area contributed by atoms with Crippen molar-refractivity contribution in [1.82, 2.24) is 0 Å². The fraction of sp³-hybridized carbons (Fsp3) is 0.562. The monoisotopic (exact) mass is 256 g/mol. The van der Waals surface area contributed by atoms with E-state index in [-0.39, 0.29) is 0 Å². The van der Waals surface area contributed by atoms with Gasteiger partial charge in [0.05, 0.1) is 11.8 Å². The SMILES string of the molecule is CC1Cc2ccccc2N1C1C(=NO)C2CCC1C2. The Balaban J connectivity index is 1.77. The van der Waals surface area contributed by atoms with Gasteiger partial charge in [0.15, 0.2) is 0 Å². The summed E-state index contributed by atoms with van der Waals surface area (Å²) in [5.41, 5.74) is 3.84. The van der Waals surface area contributed by atoms with Gasteiger partial charge in [-0.15, -0.1) is 0 Å². The lowest BCUT2D eigenvalue weighted by Crippen LogP contribution is -2.47. The Hall–Kier alpha value is -1.51. The van der Waals surface area contributed by atoms with Crippen LogP contribution in [-0.2, 0) is 6.42 Å². The molecule has 2 aliphatic carbocycles. The first-order valence-corrected chi connectivity index (χ1v) is 7.37. The van der Waals surface area contributed by atoms with E-state index in [1.807, 2.05) is 0 Å². The van der Waals surface area contributed by atoms with Crippen molar-refractivity contribution in [2.75, 3.05) is 4.90 Å². The standard InChI is InChI=1S/C16H20N2O/c1-10-8-11-4-2-3-5-14(11)18(10)16-13-7-6-12(9-13)15(16)17-19/h2-5,10,12-13,16,19H,6-9H2,1H3. The highest BCUT2D eigenvalue weighted by Gasteiger charge is 2.50. The molecule has 100 valence electrons. The summed E-state index contributed by atoms with van der Waals surface area (Å²) in [4.78, 5) is 2.52. The highest BCUT2D eigenvalue weighted by atomic mass is 16.4. The third-order valence-electron chi connectivity index (χ3n) is 5.32. The second-order valence-electron chi connectivity index (χ2n) is 6.33. The van der Waals surface area contributed by atoms with Crippen LogP contribution in [0.2, 0.25) is 0 Å². The molecule has 2 fully saturated rings. The van der Waals surface area contributed by atoms with E-state index in [2.05, 4.69) is 41.2 Å². The molecule has 0 amide bonds. The van der Waals surface area contributed by atoms with Gasteiger partial charge in [-0.05, 0) is 50.2 Å². The summed E-state index contributed by atoms with van der Waals surface area (Å²) in [6.45, 7) is 2.29. The summed E-state index contributed by atoms with van der Waals surface area (Å²) >= 11 is 0. The molecule has 4 unspecified atom stereocenters. The molecule has 3 nitrogen and oxygen atoms in total. The Morgan fingerprint density at radius 3 is 2.95 bits per heavy atom. The lowest BCUT2D eigenvalue weighted by molar-refractivity contribution is 0.310. The molecule has 2 bridgehead atoms. The molecule has 4 rings (SSSR count). The summed E-state index contributed by atoms with van der Waals surface area (Å²) in [6, 6.07) is 9.54. The number of nitrogens with zero attached hydrogens (tertiary/aromatic N) is 2. The smallest absolute Gasteiger partial charge is 0.0828 e. The van der Waals surface area contributed by atoms with Crippen molar-refractivity contribution < 1.29 is 5.21 Å². The van der Waals surface area contributed by atoms with Gasteiger partial charge in [0.1, 0.15) is 0 Å². The van der Waals surface area contributed by atoms with Crippen LogP contribution < -0.4 is 4.90 Å². The maximum Gasteiger partial charge on any atom is 0.0828 e. The fourth-order valence-corrected chi connectivity index (χ4v) is 4.58. The van der Waals surface area contributed by atoms with Gasteiger partial charge < -0.3 is 10.1 Å². The molecule has 19 heavy (non-hydrogen) atoms. The van der Waals surface area contributed by atoms with Crippen molar-refractivity contribution in [3.05, 3.63) is 29.8 Å². The molecule has 3 aliphatic rings. The average molecular weight is 256 g/mol. The van der Waals surface area contributed by atoms with Gasteiger partial charge in [0.2, 0.25) is 0 Å². The Kier molecular flexibility index (Phi) is 2.38. The zero-order valence-corrected chi connectivity index (χ0v) is 11.3. The fourth-order valence-electron chi connectivity index (χ4n) is 4.58. The number of hydrogen-bond acceptors (Lipinski definition) is 3. The van der Waals surface area contributed by atoms with E-state index in [9.17, 15) is 5.21 Å². The van der Waals surface area contributed by atoms with Crippen LogP contribution >= 0.6 is 0 Å². The van der Waals surface area contributed by atoms with Crippen LogP contribution in [0.15, 0.2) is 29.4 Å². The van der Waals surface area contributed by atoms with Gasteiger partial charge in [-0.2, -0.15) is 0 Å². The summed E-state index contributed by atoms with van der Waals surface area (Å²) in [7, 11) is 0. The molecule has 0 spiro atoms. The third-order valence-corrected chi connectivity index (χ3v) is 5.32. The zero-order valence-electron chi connectivity index (χ0n) is 11.3. The minimum atomic E-state index is 0.336. The van der Waals surface area contributed by atoms with Crippen LogP contribution in [0.4, 0.5) is 5.69 Å². The summed E-state index contributed by atoms with van der Waals surface area (Å²) in [5.74, 6) is 1.21. The molecule has 1 aromatic carbocycles. The van der Waals surface area contributed by atoms with Gasteiger partial charge in [-0.3, -0.25) is 0 Å². The van der Waals surface area contributed by atoms with E-state index in [0.29, 0.717) is 23.9 Å². The second-order valence-corrected chi connectivity index (χ2v) is 6.33. The maximum atomic E-state index is 9.41. The van der Waals surface area contributed by atoms with Gasteiger partial charge >= 0.3 is 0 Å². The van der Waals surface area contributed by atoms with E-state index in [1.54, 1.807) is 0 Å². The second kappa shape index (κ2) is 3.99. The third kappa shape index (κ3) is 1.47. The quantitative estimate of drug-likeness (QED) is 0.619. The van der Waals surface area contributed by atoms with Crippen molar-refractivity contribution in [2.45, 2.75) is 44.7 Å². The maximum absolute atomic E-state index is 9.41. The lowest BCUT2D eigenvalue weighted by Gasteiger charge is -2.37. The van der Waals surface area contributed by atoms with Crippen LogP contribution in [0.1, 0.15) is 31.7 Å². The number of hydrogen-bond donors (Lipinski definition) is 1. The predicted molar refractivity (Wildman–Crippen MR) is 75.9 cm³/mol. The largest absolute Gasteiger partial charge is 0.411 e. The minimum Gasteiger partial charge on any atom is -0.411 e. The van der Waals surface area contributed by atoms with E-state index in [0.717, 1.165) is 12.1 Å². The van der Waals surface area contributed by atoms with Crippen molar-refractivity contribution in [1.29, 1.82) is 0 Å². The molecular weight excluding hydrogens is 236 g/mol. The Labute approximate surface area is 113 Å². The number of oxime groups is 1. The molecule has 1 aromatic rings. The first kappa shape index (κ1) is 11.3. The highest BCUT2D eigenvalue weighted by molar-refractivity contribution is 5.97. The van der Waals surface area contributed by atoms with Gasteiger partial charge in [0.25, 0.3) is 0 Å². The van der Waals surface area contributed by atoms with E-state index in [1.165, 1.54) is 30.5 Å². The molecule has 2 saturated carbocycles. The number of para-hydroxylation sites is 1. The minimum absolute atomic E-state index is 0.336. The number of fused-ring (bicyclic) bond motifs is 3. The Bertz CT molecular complexity index is 539. The molecule has 0 aromatic heterocycles. The highest BCUT2D eigenvalue weighted by Crippen LogP contribution is 2.48. The lowest BCUT2D eigenvalue weighted by atomic mass is 9.91. The van der Waals surface area contributed by atoms with Crippen LogP contribution in [0, 0.1) is 11.8 Å². The molecule has 0 saturated heterocycles. The molecule has 1 heterocycles. The number of benzene rings is 1. The average Bonchev–Trinajstić information content (AvgIpc) is 3.08. The van der Waals surface area contributed by atoms with Crippen molar-refractivity contribution in [3.8, 4) is 0 Å². The van der Waals surface area contributed by atoms with E-state index in [4.69, 9.17) is 0 Å². The van der Waals surface area contributed by atoms with E-state index < -0.39 is 0 Å². The van der Waals surface area contributed by atoms with Crippen LogP contribution in [-0.4, -0.2) is 23.0 Å². The molecule has 0 radical (unpaired) electrons. The molecule has 3 heteroatoms. The van der Waals surface area contributed by atoms with Crippen molar-refractivity contribution in [3.63, 3.8) is 0 Å². The zero-order chi connectivity index (χ0) is 13.0. The summed E-state index contributed by atoms with van der Waals surface area (Å²) < 4.78 is 0. The van der Waals surface area contributed by atoms with Crippen molar-refractivity contribution in [2.24, 2.45) is 17.0 Å². The molecule has 1 N–H and O–H groups in total. The Morgan fingerprint density at radius 1 is 1.26 bits per heavy atom. The first-order chi connectivity index (χ1) is 9.29.